The number of nitrogens with zero attached hydrogens (tertiary/aromatic N) is 1. The summed E-state index contributed by atoms with van der Waals surface area (Å²) in [6, 6.07) is 6.65. The molecule has 8 nitrogen and oxygen atoms in total. The molecule has 0 saturated heterocycles. The molecule has 0 fully saturated rings. The van der Waals surface area contributed by atoms with Gasteiger partial charge in [0.05, 0.1) is 37.6 Å². The molecular formula is C17H23N3O5. The number of imide groups is 1. The van der Waals surface area contributed by atoms with Gasteiger partial charge >= 0.3 is 0 Å². The number of benzene rings is 1. The Balaban J connectivity index is 1.61. The first kappa shape index (κ1) is 19.0. The van der Waals surface area contributed by atoms with Crippen LogP contribution in [0.25, 0.3) is 0 Å². The first-order valence-corrected chi connectivity index (χ1v) is 8.22. The molecule has 0 unspecified atom stereocenters. The molecule has 8 heteroatoms. The Labute approximate surface area is 146 Å². The molecular weight excluding hydrogens is 326 g/mol. The molecule has 0 bridgehead atoms. The van der Waals surface area contributed by atoms with Gasteiger partial charge in [0.2, 0.25) is 5.91 Å². The quantitative estimate of drug-likeness (QED) is 0.422. The second-order valence-electron chi connectivity index (χ2n) is 5.42. The van der Waals surface area contributed by atoms with Crippen LogP contribution in [-0.2, 0) is 14.3 Å². The summed E-state index contributed by atoms with van der Waals surface area (Å²) in [4.78, 5) is 37.2. The minimum atomic E-state index is -0.353. The molecule has 0 aromatic heterocycles. The van der Waals surface area contributed by atoms with Gasteiger partial charge in [-0.05, 0) is 12.1 Å². The van der Waals surface area contributed by atoms with Gasteiger partial charge in [-0.1, -0.05) is 12.1 Å². The number of nitrogens with two attached hydrogens (primary N) is 1. The van der Waals surface area contributed by atoms with E-state index in [1.54, 1.807) is 24.3 Å². The number of fused-ring (bicyclic) bond motifs is 1. The second kappa shape index (κ2) is 9.87. The number of hydrogen-bond donors (Lipinski definition) is 2. The van der Waals surface area contributed by atoms with Crippen LogP contribution >= 0.6 is 0 Å². The molecule has 0 radical (unpaired) electrons. The summed E-state index contributed by atoms with van der Waals surface area (Å²) in [5.74, 6) is -0.942. The highest BCUT2D eigenvalue weighted by Crippen LogP contribution is 2.22. The number of hydrogen-bond acceptors (Lipinski definition) is 6. The number of amides is 3. The minimum absolute atomic E-state index is 0.0606. The van der Waals surface area contributed by atoms with Crippen molar-refractivity contribution in [3.8, 4) is 0 Å². The van der Waals surface area contributed by atoms with Crippen molar-refractivity contribution in [2.75, 3.05) is 46.1 Å². The third-order valence-corrected chi connectivity index (χ3v) is 3.64. The Morgan fingerprint density at radius 2 is 1.60 bits per heavy atom. The standard InChI is InChI=1S/C17H23N3O5/c18-6-9-24-11-12-25-10-7-19-15(21)5-8-20-16(22)13-3-1-2-4-14(13)17(20)23/h1-4H,5-12,18H2,(H,19,21). The summed E-state index contributed by atoms with van der Waals surface area (Å²) in [6.07, 6.45) is 0.0606. The Morgan fingerprint density at radius 1 is 1.00 bits per heavy atom. The number of carbonyl (C=O) groups is 3. The van der Waals surface area contributed by atoms with Crippen molar-refractivity contribution in [2.24, 2.45) is 5.73 Å². The average molecular weight is 349 g/mol. The van der Waals surface area contributed by atoms with Gasteiger partial charge in [0.1, 0.15) is 0 Å². The van der Waals surface area contributed by atoms with Crippen molar-refractivity contribution < 1.29 is 23.9 Å². The van der Waals surface area contributed by atoms with Crippen molar-refractivity contribution in [3.05, 3.63) is 35.4 Å². The van der Waals surface area contributed by atoms with Gasteiger partial charge in [0, 0.05) is 26.1 Å². The van der Waals surface area contributed by atoms with Gasteiger partial charge in [-0.3, -0.25) is 19.3 Å². The maximum absolute atomic E-state index is 12.2. The topological polar surface area (TPSA) is 111 Å². The number of nitrogens with one attached hydrogen (secondary N) is 1. The zero-order chi connectivity index (χ0) is 18.1. The molecule has 1 aromatic carbocycles. The lowest BCUT2D eigenvalue weighted by Crippen LogP contribution is -2.35. The molecule has 25 heavy (non-hydrogen) atoms. The van der Waals surface area contributed by atoms with Gasteiger partial charge in [-0.2, -0.15) is 0 Å². The first-order chi connectivity index (χ1) is 12.1. The largest absolute Gasteiger partial charge is 0.378 e. The van der Waals surface area contributed by atoms with Crippen LogP contribution in [0.2, 0.25) is 0 Å². The van der Waals surface area contributed by atoms with E-state index < -0.39 is 0 Å². The molecule has 1 aliphatic rings. The zero-order valence-corrected chi connectivity index (χ0v) is 14.0. The highest BCUT2D eigenvalue weighted by molar-refractivity contribution is 6.21. The van der Waals surface area contributed by atoms with Crippen LogP contribution in [0.3, 0.4) is 0 Å². The van der Waals surface area contributed by atoms with E-state index in [1.165, 1.54) is 0 Å². The Kier molecular flexibility index (Phi) is 7.52. The Morgan fingerprint density at radius 3 is 2.20 bits per heavy atom. The first-order valence-electron chi connectivity index (χ1n) is 8.22. The number of rotatable bonds is 11. The van der Waals surface area contributed by atoms with Crippen LogP contribution in [-0.4, -0.2) is 68.7 Å². The molecule has 0 saturated carbocycles. The van der Waals surface area contributed by atoms with E-state index in [2.05, 4.69) is 5.32 Å². The SMILES string of the molecule is NCCOCCOCCNC(=O)CCN1C(=O)c2ccccc2C1=O. The van der Waals surface area contributed by atoms with E-state index in [4.69, 9.17) is 15.2 Å². The van der Waals surface area contributed by atoms with Crippen LogP contribution < -0.4 is 11.1 Å². The Hall–Kier alpha value is -2.29. The zero-order valence-electron chi connectivity index (χ0n) is 14.0. The molecule has 2 rings (SSSR count). The average Bonchev–Trinajstić information content (AvgIpc) is 2.87. The van der Waals surface area contributed by atoms with Crippen molar-refractivity contribution in [2.45, 2.75) is 6.42 Å². The lowest BCUT2D eigenvalue weighted by Gasteiger charge is -2.13. The maximum atomic E-state index is 12.2. The number of ether oxygens (including phenoxy) is 2. The second-order valence-corrected chi connectivity index (χ2v) is 5.42. The molecule has 0 spiro atoms. The molecule has 0 aliphatic carbocycles. The van der Waals surface area contributed by atoms with E-state index >= 15 is 0 Å². The summed E-state index contributed by atoms with van der Waals surface area (Å²) in [6.45, 7) is 2.66. The predicted molar refractivity (Wildman–Crippen MR) is 90.1 cm³/mol. The van der Waals surface area contributed by atoms with Crippen LogP contribution in [0.4, 0.5) is 0 Å². The highest BCUT2D eigenvalue weighted by Gasteiger charge is 2.34. The van der Waals surface area contributed by atoms with Gasteiger partial charge < -0.3 is 20.5 Å². The number of carbonyl (C=O) groups excluding carboxylic acids is 3. The third kappa shape index (κ3) is 5.35. The van der Waals surface area contributed by atoms with Crippen LogP contribution in [0.1, 0.15) is 27.1 Å². The van der Waals surface area contributed by atoms with Crippen molar-refractivity contribution in [1.82, 2.24) is 10.2 Å². The predicted octanol–water partition coefficient (Wildman–Crippen LogP) is -0.219. The lowest BCUT2D eigenvalue weighted by molar-refractivity contribution is -0.121. The third-order valence-electron chi connectivity index (χ3n) is 3.64. The fraction of sp³-hybridized carbons (Fsp3) is 0.471. The summed E-state index contributed by atoms with van der Waals surface area (Å²) >= 11 is 0. The van der Waals surface area contributed by atoms with Crippen molar-refractivity contribution in [1.29, 1.82) is 0 Å². The molecule has 136 valence electrons. The molecule has 1 aliphatic heterocycles. The van der Waals surface area contributed by atoms with Crippen molar-refractivity contribution >= 4 is 17.7 Å². The van der Waals surface area contributed by atoms with Crippen LogP contribution in [0, 0.1) is 0 Å². The van der Waals surface area contributed by atoms with Crippen molar-refractivity contribution in [3.63, 3.8) is 0 Å². The molecule has 3 amide bonds. The Bertz CT molecular complexity index is 585. The summed E-state index contributed by atoms with van der Waals surface area (Å²) in [5.41, 5.74) is 6.06. The van der Waals surface area contributed by atoms with Crippen LogP contribution in [0.15, 0.2) is 24.3 Å². The summed E-state index contributed by atoms with van der Waals surface area (Å²) < 4.78 is 10.4. The van der Waals surface area contributed by atoms with E-state index in [9.17, 15) is 14.4 Å². The summed E-state index contributed by atoms with van der Waals surface area (Å²) in [7, 11) is 0. The summed E-state index contributed by atoms with van der Waals surface area (Å²) in [5, 5.41) is 2.69. The van der Waals surface area contributed by atoms with Gasteiger partial charge in [-0.25, -0.2) is 0 Å². The minimum Gasteiger partial charge on any atom is -0.378 e. The molecule has 1 heterocycles. The van der Waals surface area contributed by atoms with E-state index in [0.29, 0.717) is 50.6 Å². The molecule has 0 atom stereocenters. The van der Waals surface area contributed by atoms with E-state index in [1.807, 2.05) is 0 Å². The fourth-order valence-electron chi connectivity index (χ4n) is 2.41. The normalized spacial score (nSPS) is 13.2. The highest BCUT2D eigenvalue weighted by atomic mass is 16.5. The molecule has 1 aromatic rings. The van der Waals surface area contributed by atoms with E-state index in [0.717, 1.165) is 4.90 Å². The van der Waals surface area contributed by atoms with Gasteiger partial charge in [0.25, 0.3) is 11.8 Å². The van der Waals surface area contributed by atoms with E-state index in [-0.39, 0.29) is 30.7 Å². The lowest BCUT2D eigenvalue weighted by atomic mass is 10.1. The monoisotopic (exact) mass is 349 g/mol. The molecule has 3 N–H and O–H groups in total. The van der Waals surface area contributed by atoms with Gasteiger partial charge in [-0.15, -0.1) is 0 Å². The van der Waals surface area contributed by atoms with Crippen LogP contribution in [0.5, 0.6) is 0 Å². The maximum Gasteiger partial charge on any atom is 0.261 e. The fourth-order valence-corrected chi connectivity index (χ4v) is 2.41. The van der Waals surface area contributed by atoms with Gasteiger partial charge in [0.15, 0.2) is 0 Å². The smallest absolute Gasteiger partial charge is 0.261 e.